The molecule has 4 heteroatoms. The molecular weight excluding hydrogens is 204 g/mol. The van der Waals surface area contributed by atoms with Gasteiger partial charge in [0.15, 0.2) is 0 Å². The lowest BCUT2D eigenvalue weighted by Gasteiger charge is -2.10. The third-order valence-electron chi connectivity index (χ3n) is 3.43. The first-order valence-corrected chi connectivity index (χ1v) is 5.65. The predicted octanol–water partition coefficient (Wildman–Crippen LogP) is 1.88. The van der Waals surface area contributed by atoms with Gasteiger partial charge in [-0.15, -0.1) is 0 Å². The van der Waals surface area contributed by atoms with Gasteiger partial charge in [0.05, 0.1) is 24.3 Å². The molecule has 1 aromatic rings. The van der Waals surface area contributed by atoms with Crippen LogP contribution in [0.3, 0.4) is 0 Å². The summed E-state index contributed by atoms with van der Waals surface area (Å²) in [5.41, 5.74) is 0.655. The summed E-state index contributed by atoms with van der Waals surface area (Å²) in [6.45, 7) is 6.02. The van der Waals surface area contributed by atoms with Crippen LogP contribution >= 0.6 is 0 Å². The Balaban J connectivity index is 2.25. The molecule has 2 atom stereocenters. The highest BCUT2D eigenvalue weighted by atomic mass is 16.5. The molecule has 0 aliphatic heterocycles. The fraction of sp³-hybridized carbons (Fsp3) is 0.667. The Bertz CT molecular complexity index is 425. The van der Waals surface area contributed by atoms with Gasteiger partial charge in [-0.05, 0) is 20.3 Å². The summed E-state index contributed by atoms with van der Waals surface area (Å²) in [7, 11) is 1.45. The van der Waals surface area contributed by atoms with Crippen molar-refractivity contribution >= 4 is 5.97 Å². The van der Waals surface area contributed by atoms with E-state index in [4.69, 9.17) is 4.74 Å². The molecule has 0 N–H and O–H groups in total. The Morgan fingerprint density at radius 1 is 1.75 bits per heavy atom. The summed E-state index contributed by atoms with van der Waals surface area (Å²) in [5.74, 6) is 0.932. The van der Waals surface area contributed by atoms with Crippen molar-refractivity contribution < 1.29 is 9.53 Å². The number of carbonyl (C=O) groups is 1. The number of hydrogen-bond donors (Lipinski definition) is 0. The highest BCUT2D eigenvalue weighted by Gasteiger charge is 2.58. The topological polar surface area (TPSA) is 44.1 Å². The van der Waals surface area contributed by atoms with E-state index in [9.17, 15) is 4.79 Å². The van der Waals surface area contributed by atoms with Crippen LogP contribution in [0.2, 0.25) is 0 Å². The van der Waals surface area contributed by atoms with Crippen molar-refractivity contribution in [1.82, 2.24) is 9.55 Å². The lowest BCUT2D eigenvalue weighted by atomic mass is 10.1. The van der Waals surface area contributed by atoms with Gasteiger partial charge in [-0.3, -0.25) is 4.79 Å². The van der Waals surface area contributed by atoms with E-state index in [1.807, 2.05) is 20.0 Å². The van der Waals surface area contributed by atoms with Crippen molar-refractivity contribution in [1.29, 1.82) is 0 Å². The number of esters is 1. The van der Waals surface area contributed by atoms with Crippen molar-refractivity contribution in [2.24, 2.45) is 5.41 Å². The van der Waals surface area contributed by atoms with Gasteiger partial charge in [-0.1, -0.05) is 6.92 Å². The Morgan fingerprint density at radius 2 is 2.44 bits per heavy atom. The summed E-state index contributed by atoms with van der Waals surface area (Å²) in [4.78, 5) is 16.1. The van der Waals surface area contributed by atoms with E-state index in [2.05, 4.69) is 16.5 Å². The summed E-state index contributed by atoms with van der Waals surface area (Å²) in [6.07, 6.45) is 3.77. The molecule has 16 heavy (non-hydrogen) atoms. The molecule has 1 aliphatic rings. The molecular formula is C12H18N2O2. The molecule has 1 unspecified atom stereocenters. The Kier molecular flexibility index (Phi) is 2.52. The molecule has 1 aliphatic carbocycles. The van der Waals surface area contributed by atoms with Crippen molar-refractivity contribution in [3.8, 4) is 0 Å². The molecule has 1 fully saturated rings. The predicted molar refractivity (Wildman–Crippen MR) is 60.1 cm³/mol. The van der Waals surface area contributed by atoms with Gasteiger partial charge < -0.3 is 9.30 Å². The Labute approximate surface area is 95.6 Å². The second-order valence-electron chi connectivity index (χ2n) is 4.69. The highest BCUT2D eigenvalue weighted by molar-refractivity contribution is 5.80. The molecule has 0 saturated heterocycles. The zero-order valence-corrected chi connectivity index (χ0v) is 10.3. The van der Waals surface area contributed by atoms with Gasteiger partial charge >= 0.3 is 5.97 Å². The third kappa shape index (κ3) is 1.52. The van der Waals surface area contributed by atoms with Crippen molar-refractivity contribution in [3.63, 3.8) is 0 Å². The van der Waals surface area contributed by atoms with E-state index in [0.717, 1.165) is 24.4 Å². The molecule has 0 radical (unpaired) electrons. The summed E-state index contributed by atoms with van der Waals surface area (Å²) < 4.78 is 6.97. The number of imidazole rings is 1. The van der Waals surface area contributed by atoms with Crippen LogP contribution in [-0.4, -0.2) is 22.6 Å². The molecule has 0 spiro atoms. The quantitative estimate of drug-likeness (QED) is 0.733. The fourth-order valence-electron chi connectivity index (χ4n) is 2.30. The number of aryl methyl sites for hydroxylation is 2. The maximum absolute atomic E-state index is 11.6. The molecule has 1 saturated carbocycles. The Morgan fingerprint density at radius 3 is 3.00 bits per heavy atom. The minimum Gasteiger partial charge on any atom is -0.469 e. The van der Waals surface area contributed by atoms with Crippen molar-refractivity contribution in [2.75, 3.05) is 7.11 Å². The highest BCUT2D eigenvalue weighted by Crippen LogP contribution is 2.57. The van der Waals surface area contributed by atoms with Crippen molar-refractivity contribution in [3.05, 3.63) is 17.7 Å². The number of methoxy groups -OCH3 is 1. The van der Waals surface area contributed by atoms with Crippen LogP contribution in [0.1, 0.15) is 37.8 Å². The first-order chi connectivity index (χ1) is 7.52. The van der Waals surface area contributed by atoms with Crippen LogP contribution in [0.25, 0.3) is 0 Å². The van der Waals surface area contributed by atoms with E-state index < -0.39 is 0 Å². The monoisotopic (exact) mass is 222 g/mol. The first-order valence-electron chi connectivity index (χ1n) is 5.65. The molecule has 1 aromatic heterocycles. The standard InChI is InChI=1S/C12H18N2O2/c1-5-10-13-8(2)7-14(10)9-6-12(9,3)11(15)16-4/h7,9H,5-6H2,1-4H3/t9-,12?/m0/s1. The lowest BCUT2D eigenvalue weighted by Crippen LogP contribution is -2.18. The van der Waals surface area contributed by atoms with Crippen molar-refractivity contribution in [2.45, 2.75) is 39.7 Å². The molecule has 88 valence electrons. The van der Waals surface area contributed by atoms with Gasteiger partial charge in [0, 0.05) is 12.6 Å². The second kappa shape index (κ2) is 3.61. The number of hydrogen-bond acceptors (Lipinski definition) is 3. The lowest BCUT2D eigenvalue weighted by molar-refractivity contribution is -0.146. The van der Waals surface area contributed by atoms with Crippen LogP contribution in [-0.2, 0) is 16.0 Å². The number of nitrogens with zero attached hydrogens (tertiary/aromatic N) is 2. The third-order valence-corrected chi connectivity index (χ3v) is 3.43. The zero-order chi connectivity index (χ0) is 11.9. The van der Waals surface area contributed by atoms with E-state index in [1.165, 1.54) is 7.11 Å². The number of aromatic nitrogens is 2. The van der Waals surface area contributed by atoms with E-state index in [-0.39, 0.29) is 17.4 Å². The fourth-order valence-corrected chi connectivity index (χ4v) is 2.30. The van der Waals surface area contributed by atoms with Gasteiger partial charge in [-0.2, -0.15) is 0 Å². The average molecular weight is 222 g/mol. The molecule has 0 aromatic carbocycles. The molecule has 0 amide bonds. The van der Waals surface area contributed by atoms with Gasteiger partial charge in [0.25, 0.3) is 0 Å². The summed E-state index contributed by atoms with van der Waals surface area (Å²) >= 11 is 0. The van der Waals surface area contributed by atoms with Crippen LogP contribution in [0.15, 0.2) is 6.20 Å². The van der Waals surface area contributed by atoms with Crippen LogP contribution in [0.5, 0.6) is 0 Å². The molecule has 1 heterocycles. The first kappa shape index (κ1) is 11.2. The average Bonchev–Trinajstić information content (AvgIpc) is 2.81. The smallest absolute Gasteiger partial charge is 0.313 e. The second-order valence-corrected chi connectivity index (χ2v) is 4.69. The maximum Gasteiger partial charge on any atom is 0.313 e. The van der Waals surface area contributed by atoms with Gasteiger partial charge in [0.1, 0.15) is 5.82 Å². The van der Waals surface area contributed by atoms with Gasteiger partial charge in [-0.25, -0.2) is 4.98 Å². The largest absolute Gasteiger partial charge is 0.469 e. The van der Waals surface area contributed by atoms with Crippen LogP contribution < -0.4 is 0 Å². The Hall–Kier alpha value is -1.32. The number of ether oxygens (including phenoxy) is 1. The summed E-state index contributed by atoms with van der Waals surface area (Å²) in [6, 6.07) is 0.219. The minimum absolute atomic E-state index is 0.120. The summed E-state index contributed by atoms with van der Waals surface area (Å²) in [5, 5.41) is 0. The SMILES string of the molecule is CCc1nc(C)cn1[C@H]1CC1(C)C(=O)OC. The zero-order valence-electron chi connectivity index (χ0n) is 10.3. The normalized spacial score (nSPS) is 27.9. The van der Waals surface area contributed by atoms with Crippen LogP contribution in [0, 0.1) is 12.3 Å². The molecule has 0 bridgehead atoms. The van der Waals surface area contributed by atoms with Crippen LogP contribution in [0.4, 0.5) is 0 Å². The minimum atomic E-state index is -0.355. The number of rotatable bonds is 3. The molecule has 4 nitrogen and oxygen atoms in total. The van der Waals surface area contributed by atoms with E-state index >= 15 is 0 Å². The maximum atomic E-state index is 11.6. The van der Waals surface area contributed by atoms with Gasteiger partial charge in [0.2, 0.25) is 0 Å². The van der Waals surface area contributed by atoms with E-state index in [1.54, 1.807) is 0 Å². The molecule has 2 rings (SSSR count). The number of carbonyl (C=O) groups excluding carboxylic acids is 1. The van der Waals surface area contributed by atoms with E-state index in [0.29, 0.717) is 0 Å².